The molecule has 0 aliphatic carbocycles. The molecule has 0 unspecified atom stereocenters. The molecule has 0 spiro atoms. The fourth-order valence-corrected chi connectivity index (χ4v) is 2.78. The molecule has 0 saturated carbocycles. The minimum Gasteiger partial charge on any atom is -0.466 e. The van der Waals surface area contributed by atoms with E-state index >= 15 is 0 Å². The molecule has 140 valence electrons. The lowest BCUT2D eigenvalue weighted by Crippen LogP contribution is -2.37. The van der Waals surface area contributed by atoms with E-state index in [1.807, 2.05) is 0 Å². The van der Waals surface area contributed by atoms with Crippen LogP contribution in [0.15, 0.2) is 29.2 Å². The molecule has 0 bridgehead atoms. The molecule has 8 heteroatoms. The number of sulfonamides is 1. The van der Waals surface area contributed by atoms with Crippen LogP contribution < -0.4 is 5.14 Å². The van der Waals surface area contributed by atoms with Crippen LogP contribution in [0, 0.1) is 5.92 Å². The van der Waals surface area contributed by atoms with Gasteiger partial charge in [-0.1, -0.05) is 26.0 Å². The van der Waals surface area contributed by atoms with Gasteiger partial charge in [-0.25, -0.2) is 13.6 Å². The van der Waals surface area contributed by atoms with Gasteiger partial charge in [-0.15, -0.1) is 0 Å². The van der Waals surface area contributed by atoms with Gasteiger partial charge in [0.2, 0.25) is 15.9 Å². The van der Waals surface area contributed by atoms with Crippen LogP contribution in [0.4, 0.5) is 0 Å². The Morgan fingerprint density at radius 2 is 1.76 bits per heavy atom. The number of hydrogen-bond donors (Lipinski definition) is 1. The topological polar surface area (TPSA) is 107 Å². The van der Waals surface area contributed by atoms with E-state index in [-0.39, 0.29) is 29.1 Å². The van der Waals surface area contributed by atoms with Gasteiger partial charge in [0, 0.05) is 19.0 Å². The third-order valence-corrected chi connectivity index (χ3v) is 4.55. The zero-order valence-electron chi connectivity index (χ0n) is 14.9. The lowest BCUT2D eigenvalue weighted by molar-refractivity contribution is -0.144. The predicted octanol–water partition coefficient (Wildman–Crippen LogP) is 1.31. The molecule has 1 rings (SSSR count). The van der Waals surface area contributed by atoms with Gasteiger partial charge in [0.1, 0.15) is 0 Å². The van der Waals surface area contributed by atoms with Gasteiger partial charge in [0.25, 0.3) is 0 Å². The number of nitrogens with two attached hydrogens (primary N) is 1. The van der Waals surface area contributed by atoms with Gasteiger partial charge in [0.15, 0.2) is 0 Å². The van der Waals surface area contributed by atoms with Crippen molar-refractivity contribution in [3.63, 3.8) is 0 Å². The van der Waals surface area contributed by atoms with Crippen molar-refractivity contribution in [3.8, 4) is 0 Å². The van der Waals surface area contributed by atoms with Gasteiger partial charge in [-0.2, -0.15) is 0 Å². The summed E-state index contributed by atoms with van der Waals surface area (Å²) in [5, 5.41) is 5.07. The SMILES string of the molecule is CCOC(=O)CCN(CCc1ccc(S(N)(=O)=O)cc1)C(=O)C(C)C. The number of ether oxygens (including phenoxy) is 1. The highest BCUT2D eigenvalue weighted by Gasteiger charge is 2.18. The first kappa shape index (κ1) is 21.1. The third kappa shape index (κ3) is 7.23. The zero-order valence-corrected chi connectivity index (χ0v) is 15.7. The summed E-state index contributed by atoms with van der Waals surface area (Å²) in [5.41, 5.74) is 0.880. The highest BCUT2D eigenvalue weighted by molar-refractivity contribution is 7.89. The monoisotopic (exact) mass is 370 g/mol. The van der Waals surface area contributed by atoms with Crippen molar-refractivity contribution in [2.75, 3.05) is 19.7 Å². The second kappa shape index (κ2) is 9.53. The van der Waals surface area contributed by atoms with Gasteiger partial charge < -0.3 is 9.64 Å². The molecule has 1 aromatic carbocycles. The van der Waals surface area contributed by atoms with Crippen LogP contribution in [0.5, 0.6) is 0 Å². The largest absolute Gasteiger partial charge is 0.466 e. The molecule has 7 nitrogen and oxygen atoms in total. The Morgan fingerprint density at radius 1 is 1.16 bits per heavy atom. The number of carbonyl (C=O) groups is 2. The van der Waals surface area contributed by atoms with Crippen LogP contribution in [0.3, 0.4) is 0 Å². The van der Waals surface area contributed by atoms with Crippen LogP contribution in [-0.2, 0) is 30.8 Å². The fraction of sp³-hybridized carbons (Fsp3) is 0.529. The number of primary sulfonamides is 1. The molecular weight excluding hydrogens is 344 g/mol. The first-order chi connectivity index (χ1) is 11.6. The Labute approximate surface area is 149 Å². The smallest absolute Gasteiger partial charge is 0.307 e. The summed E-state index contributed by atoms with van der Waals surface area (Å²) < 4.78 is 27.4. The minimum absolute atomic E-state index is 0.0366. The summed E-state index contributed by atoms with van der Waals surface area (Å²) in [4.78, 5) is 25.5. The predicted molar refractivity (Wildman–Crippen MR) is 94.2 cm³/mol. The Hall–Kier alpha value is -1.93. The van der Waals surface area contributed by atoms with Crippen LogP contribution >= 0.6 is 0 Å². The maximum atomic E-state index is 12.3. The van der Waals surface area contributed by atoms with Crippen LogP contribution in [0.25, 0.3) is 0 Å². The number of benzene rings is 1. The summed E-state index contributed by atoms with van der Waals surface area (Å²) in [6.45, 7) is 6.39. The van der Waals surface area contributed by atoms with E-state index < -0.39 is 10.0 Å². The van der Waals surface area contributed by atoms with E-state index in [2.05, 4.69) is 0 Å². The first-order valence-corrected chi connectivity index (χ1v) is 9.76. The van der Waals surface area contributed by atoms with Crippen molar-refractivity contribution in [2.24, 2.45) is 11.1 Å². The average Bonchev–Trinajstić information content (AvgIpc) is 2.54. The molecule has 1 aromatic rings. The molecule has 2 N–H and O–H groups in total. The van der Waals surface area contributed by atoms with Crippen LogP contribution in [0.2, 0.25) is 0 Å². The van der Waals surface area contributed by atoms with Gasteiger partial charge >= 0.3 is 5.97 Å². The van der Waals surface area contributed by atoms with E-state index in [4.69, 9.17) is 9.88 Å². The molecule has 0 radical (unpaired) electrons. The van der Waals surface area contributed by atoms with Crippen LogP contribution in [0.1, 0.15) is 32.8 Å². The minimum atomic E-state index is -3.72. The maximum Gasteiger partial charge on any atom is 0.307 e. The summed E-state index contributed by atoms with van der Waals surface area (Å²) >= 11 is 0. The van der Waals surface area contributed by atoms with E-state index in [1.165, 1.54) is 12.1 Å². The zero-order chi connectivity index (χ0) is 19.0. The van der Waals surface area contributed by atoms with Gasteiger partial charge in [0.05, 0.1) is 17.9 Å². The number of nitrogens with zero attached hydrogens (tertiary/aromatic N) is 1. The molecule has 0 fully saturated rings. The highest BCUT2D eigenvalue weighted by Crippen LogP contribution is 2.11. The molecule has 0 atom stereocenters. The second-order valence-electron chi connectivity index (χ2n) is 5.97. The Balaban J connectivity index is 2.71. The number of carbonyl (C=O) groups excluding carboxylic acids is 2. The Bertz CT molecular complexity index is 683. The van der Waals surface area contributed by atoms with Gasteiger partial charge in [-0.3, -0.25) is 9.59 Å². The first-order valence-electron chi connectivity index (χ1n) is 8.21. The Kier molecular flexibility index (Phi) is 8.05. The highest BCUT2D eigenvalue weighted by atomic mass is 32.2. The summed E-state index contributed by atoms with van der Waals surface area (Å²) in [5.74, 6) is -0.543. The molecule has 0 heterocycles. The molecule has 0 aliphatic heterocycles. The fourth-order valence-electron chi connectivity index (χ4n) is 2.27. The lowest BCUT2D eigenvalue weighted by Gasteiger charge is -2.24. The normalized spacial score (nSPS) is 11.4. The van der Waals surface area contributed by atoms with Crippen molar-refractivity contribution in [1.29, 1.82) is 0 Å². The Morgan fingerprint density at radius 3 is 2.24 bits per heavy atom. The second-order valence-corrected chi connectivity index (χ2v) is 7.54. The molecule has 0 aromatic heterocycles. The molecule has 0 saturated heterocycles. The molecule has 25 heavy (non-hydrogen) atoms. The maximum absolute atomic E-state index is 12.3. The van der Waals surface area contributed by atoms with Crippen molar-refractivity contribution < 1.29 is 22.7 Å². The van der Waals surface area contributed by atoms with E-state index in [0.717, 1.165) is 5.56 Å². The van der Waals surface area contributed by atoms with Gasteiger partial charge in [-0.05, 0) is 31.0 Å². The quantitative estimate of drug-likeness (QED) is 0.660. The van der Waals surface area contributed by atoms with E-state index in [0.29, 0.717) is 26.1 Å². The molecule has 0 aliphatic rings. The number of hydrogen-bond acceptors (Lipinski definition) is 5. The number of rotatable bonds is 9. The molecule has 1 amide bonds. The van der Waals surface area contributed by atoms with Crippen LogP contribution in [-0.4, -0.2) is 44.9 Å². The van der Waals surface area contributed by atoms with E-state index in [9.17, 15) is 18.0 Å². The van der Waals surface area contributed by atoms with Crippen molar-refractivity contribution in [1.82, 2.24) is 4.90 Å². The van der Waals surface area contributed by atoms with Crippen molar-refractivity contribution in [2.45, 2.75) is 38.5 Å². The van der Waals surface area contributed by atoms with E-state index in [1.54, 1.807) is 37.8 Å². The summed E-state index contributed by atoms with van der Waals surface area (Å²) in [7, 11) is -3.72. The molecular formula is C17H26N2O5S. The third-order valence-electron chi connectivity index (χ3n) is 3.62. The van der Waals surface area contributed by atoms with Crippen molar-refractivity contribution in [3.05, 3.63) is 29.8 Å². The number of amides is 1. The van der Waals surface area contributed by atoms with Crippen molar-refractivity contribution >= 4 is 21.9 Å². The lowest BCUT2D eigenvalue weighted by atomic mass is 10.1. The summed E-state index contributed by atoms with van der Waals surface area (Å²) in [6.07, 6.45) is 0.697. The number of esters is 1. The summed E-state index contributed by atoms with van der Waals surface area (Å²) in [6, 6.07) is 6.22. The standard InChI is InChI=1S/C17H26N2O5S/c1-4-24-16(20)10-12-19(17(21)13(2)3)11-9-14-5-7-15(8-6-14)25(18,22)23/h5-8,13H,4,9-12H2,1-3H3,(H2,18,22,23). The average molecular weight is 370 g/mol.